The number of hydrogen-bond donors (Lipinski definition) is 2. The van der Waals surface area contributed by atoms with Gasteiger partial charge in [-0.25, -0.2) is 8.42 Å². The average Bonchev–Trinajstić information content (AvgIpc) is 1.97. The van der Waals surface area contributed by atoms with Gasteiger partial charge in [-0.05, 0) is 12.8 Å². The fourth-order valence-corrected chi connectivity index (χ4v) is 1.91. The molecule has 0 heterocycles. The largest absolute Gasteiger partial charge is 0.353 e. The van der Waals surface area contributed by atoms with E-state index in [2.05, 4.69) is 5.32 Å². The van der Waals surface area contributed by atoms with Gasteiger partial charge in [0.15, 0.2) is 0 Å². The Kier molecular flexibility index (Phi) is 3.49. The highest BCUT2D eigenvalue weighted by atomic mass is 32.2. The molecule has 3 N–H and O–H groups in total. The summed E-state index contributed by atoms with van der Waals surface area (Å²) in [4.78, 5) is 11.2. The van der Waals surface area contributed by atoms with Gasteiger partial charge in [-0.15, -0.1) is 0 Å². The normalized spacial score (nSPS) is 26.7. The molecule has 0 spiro atoms. The van der Waals surface area contributed by atoms with Crippen molar-refractivity contribution in [3.63, 3.8) is 0 Å². The Labute approximate surface area is 84.0 Å². The minimum Gasteiger partial charge on any atom is -0.353 e. The molecule has 0 unspecified atom stereocenters. The summed E-state index contributed by atoms with van der Waals surface area (Å²) in [5, 5.41) is 2.74. The second-order valence-corrected chi connectivity index (χ2v) is 6.14. The summed E-state index contributed by atoms with van der Waals surface area (Å²) in [6, 6.07) is 0.340. The summed E-state index contributed by atoms with van der Waals surface area (Å²) < 4.78 is 21.5. The van der Waals surface area contributed by atoms with Crippen molar-refractivity contribution in [2.75, 3.05) is 12.0 Å². The maximum atomic E-state index is 11.2. The summed E-state index contributed by atoms with van der Waals surface area (Å²) in [6.07, 6.45) is 2.76. The third-order valence-corrected chi connectivity index (χ3v) is 3.19. The summed E-state index contributed by atoms with van der Waals surface area (Å²) in [5.74, 6) is -0.287. The molecule has 0 aromatic rings. The lowest BCUT2D eigenvalue weighted by Gasteiger charge is -2.32. The van der Waals surface area contributed by atoms with Crippen LogP contribution < -0.4 is 11.1 Å². The van der Waals surface area contributed by atoms with Gasteiger partial charge in [0.25, 0.3) is 0 Å². The first-order chi connectivity index (χ1) is 6.37. The fraction of sp³-hybridized carbons (Fsp3) is 0.875. The zero-order valence-corrected chi connectivity index (χ0v) is 9.01. The van der Waals surface area contributed by atoms with Gasteiger partial charge in [0.05, 0.1) is 5.75 Å². The molecule has 5 nitrogen and oxygen atoms in total. The molecule has 0 radical (unpaired) electrons. The highest BCUT2D eigenvalue weighted by Crippen LogP contribution is 2.17. The van der Waals surface area contributed by atoms with E-state index in [9.17, 15) is 13.2 Å². The number of nitrogens with two attached hydrogens (primary N) is 1. The lowest BCUT2D eigenvalue weighted by molar-refractivity contribution is -0.122. The lowest BCUT2D eigenvalue weighted by Crippen LogP contribution is -2.50. The molecule has 6 heteroatoms. The topological polar surface area (TPSA) is 89.3 Å². The van der Waals surface area contributed by atoms with Crippen LogP contribution in [-0.4, -0.2) is 38.4 Å². The van der Waals surface area contributed by atoms with E-state index in [1.807, 2.05) is 0 Å². The van der Waals surface area contributed by atoms with E-state index in [1.165, 1.54) is 0 Å². The molecule has 1 amide bonds. The zero-order chi connectivity index (χ0) is 10.8. The van der Waals surface area contributed by atoms with Crippen LogP contribution >= 0.6 is 0 Å². The quantitative estimate of drug-likeness (QED) is 0.637. The van der Waals surface area contributed by atoms with Crippen molar-refractivity contribution in [3.05, 3.63) is 0 Å². The maximum Gasteiger partial charge on any atom is 0.221 e. The average molecular weight is 220 g/mol. The first kappa shape index (κ1) is 11.5. The molecule has 0 saturated heterocycles. The Morgan fingerprint density at radius 1 is 1.50 bits per heavy atom. The van der Waals surface area contributed by atoms with Crippen LogP contribution in [0.4, 0.5) is 0 Å². The Balaban J connectivity index is 2.17. The summed E-state index contributed by atoms with van der Waals surface area (Å²) in [5.41, 5.74) is 5.54. The van der Waals surface area contributed by atoms with Gasteiger partial charge >= 0.3 is 0 Å². The van der Waals surface area contributed by atoms with Gasteiger partial charge in [-0.1, -0.05) is 0 Å². The van der Waals surface area contributed by atoms with E-state index in [0.29, 0.717) is 0 Å². The molecule has 0 aliphatic heterocycles. The summed E-state index contributed by atoms with van der Waals surface area (Å²) in [7, 11) is -3.04. The van der Waals surface area contributed by atoms with Crippen LogP contribution in [0, 0.1) is 0 Å². The van der Waals surface area contributed by atoms with Crippen LogP contribution in [0.3, 0.4) is 0 Å². The van der Waals surface area contributed by atoms with Gasteiger partial charge in [-0.3, -0.25) is 4.79 Å². The first-order valence-corrected chi connectivity index (χ1v) is 6.65. The zero-order valence-electron chi connectivity index (χ0n) is 8.19. The predicted molar refractivity (Wildman–Crippen MR) is 53.5 cm³/mol. The lowest BCUT2D eigenvalue weighted by atomic mass is 9.87. The standard InChI is InChI=1S/C8H16N2O3S/c1-14(12,13)3-2-8(11)10-7-4-6(9)5-7/h6-7H,2-5,9H2,1H3,(H,10,11). The van der Waals surface area contributed by atoms with E-state index in [-0.39, 0.29) is 30.2 Å². The Hall–Kier alpha value is -0.620. The molecular formula is C8H16N2O3S. The smallest absolute Gasteiger partial charge is 0.221 e. The Morgan fingerprint density at radius 3 is 2.50 bits per heavy atom. The number of nitrogens with one attached hydrogen (secondary N) is 1. The number of sulfone groups is 1. The molecule has 0 aromatic carbocycles. The molecular weight excluding hydrogens is 204 g/mol. The monoisotopic (exact) mass is 220 g/mol. The number of carbonyl (C=O) groups is 1. The van der Waals surface area contributed by atoms with Gasteiger partial charge < -0.3 is 11.1 Å². The molecule has 1 aliphatic carbocycles. The molecule has 1 fully saturated rings. The Bertz CT molecular complexity index is 307. The van der Waals surface area contributed by atoms with E-state index >= 15 is 0 Å². The van der Waals surface area contributed by atoms with Crippen molar-refractivity contribution in [2.24, 2.45) is 5.73 Å². The maximum absolute atomic E-state index is 11.2. The number of amides is 1. The Morgan fingerprint density at radius 2 is 2.07 bits per heavy atom. The van der Waals surface area contributed by atoms with E-state index in [0.717, 1.165) is 19.1 Å². The fourth-order valence-electron chi connectivity index (χ4n) is 1.36. The van der Waals surface area contributed by atoms with Gasteiger partial charge in [0.1, 0.15) is 9.84 Å². The van der Waals surface area contributed by atoms with Gasteiger partial charge in [0.2, 0.25) is 5.91 Å². The first-order valence-electron chi connectivity index (χ1n) is 4.59. The van der Waals surface area contributed by atoms with Crippen molar-refractivity contribution in [2.45, 2.75) is 31.3 Å². The summed E-state index contributed by atoms with van der Waals surface area (Å²) >= 11 is 0. The van der Waals surface area contributed by atoms with Gasteiger partial charge in [0, 0.05) is 24.8 Å². The minimum absolute atomic E-state index is 0.0462. The number of hydrogen-bond acceptors (Lipinski definition) is 4. The van der Waals surface area contributed by atoms with Crippen LogP contribution in [0.15, 0.2) is 0 Å². The third-order valence-electron chi connectivity index (χ3n) is 2.24. The molecule has 1 aliphatic rings. The second-order valence-electron chi connectivity index (χ2n) is 3.88. The number of carbonyl (C=O) groups excluding carboxylic acids is 1. The van der Waals surface area contributed by atoms with Crippen LogP contribution in [0.2, 0.25) is 0 Å². The van der Waals surface area contributed by atoms with Crippen molar-refractivity contribution < 1.29 is 13.2 Å². The van der Waals surface area contributed by atoms with Crippen molar-refractivity contribution in [3.8, 4) is 0 Å². The molecule has 1 rings (SSSR count). The molecule has 0 aromatic heterocycles. The predicted octanol–water partition coefficient (Wildman–Crippen LogP) is -0.973. The summed E-state index contributed by atoms with van der Waals surface area (Å²) in [6.45, 7) is 0. The van der Waals surface area contributed by atoms with Gasteiger partial charge in [-0.2, -0.15) is 0 Å². The highest BCUT2D eigenvalue weighted by Gasteiger charge is 2.26. The van der Waals surface area contributed by atoms with Crippen LogP contribution in [-0.2, 0) is 14.6 Å². The molecule has 14 heavy (non-hydrogen) atoms. The number of rotatable bonds is 4. The molecule has 1 saturated carbocycles. The van der Waals surface area contributed by atoms with Crippen LogP contribution in [0.25, 0.3) is 0 Å². The van der Waals surface area contributed by atoms with Crippen molar-refractivity contribution in [1.82, 2.24) is 5.32 Å². The van der Waals surface area contributed by atoms with E-state index in [4.69, 9.17) is 5.73 Å². The van der Waals surface area contributed by atoms with Crippen LogP contribution in [0.5, 0.6) is 0 Å². The molecule has 82 valence electrons. The highest BCUT2D eigenvalue weighted by molar-refractivity contribution is 7.90. The SMILES string of the molecule is CS(=O)(=O)CCC(=O)NC1CC(N)C1. The second kappa shape index (κ2) is 4.27. The van der Waals surface area contributed by atoms with E-state index < -0.39 is 9.84 Å². The van der Waals surface area contributed by atoms with Crippen molar-refractivity contribution in [1.29, 1.82) is 0 Å². The third kappa shape index (κ3) is 4.06. The molecule has 0 atom stereocenters. The van der Waals surface area contributed by atoms with Crippen molar-refractivity contribution >= 4 is 15.7 Å². The minimum atomic E-state index is -3.04. The van der Waals surface area contributed by atoms with E-state index in [1.54, 1.807) is 0 Å². The molecule has 0 bridgehead atoms. The van der Waals surface area contributed by atoms with Crippen LogP contribution in [0.1, 0.15) is 19.3 Å².